The van der Waals surface area contributed by atoms with Crippen LogP contribution < -0.4 is 14.4 Å². The Balaban J connectivity index is 1.55. The van der Waals surface area contributed by atoms with Crippen LogP contribution in [-0.2, 0) is 11.3 Å². The van der Waals surface area contributed by atoms with Crippen molar-refractivity contribution in [1.29, 1.82) is 0 Å². The highest BCUT2D eigenvalue weighted by Crippen LogP contribution is 2.32. The number of hydrogen-bond acceptors (Lipinski definition) is 7. The maximum Gasteiger partial charge on any atom is 0.156 e. The summed E-state index contributed by atoms with van der Waals surface area (Å²) in [7, 11) is 3.38. The average molecular weight is 462 g/mol. The molecule has 0 unspecified atom stereocenters. The van der Waals surface area contributed by atoms with Gasteiger partial charge in [-0.2, -0.15) is 0 Å². The number of hydrogen-bond donors (Lipinski definition) is 1. The molecule has 0 spiro atoms. The second-order valence-corrected chi connectivity index (χ2v) is 8.65. The normalized spacial score (nSPS) is 14.6. The summed E-state index contributed by atoms with van der Waals surface area (Å²) in [5, 5.41) is 1.12. The van der Waals surface area contributed by atoms with Crippen molar-refractivity contribution in [2.45, 2.75) is 13.5 Å². The molecule has 0 aliphatic carbocycles. The number of morpholine rings is 1. The average Bonchev–Trinajstić information content (AvgIpc) is 3.25. The molecule has 178 valence electrons. The summed E-state index contributed by atoms with van der Waals surface area (Å²) in [6, 6.07) is 12.3. The van der Waals surface area contributed by atoms with Gasteiger partial charge in [-0.25, -0.2) is 9.97 Å². The first kappa shape index (κ1) is 22.4. The van der Waals surface area contributed by atoms with Crippen LogP contribution in [0.4, 0.5) is 5.82 Å². The van der Waals surface area contributed by atoms with E-state index in [0.29, 0.717) is 6.54 Å². The van der Waals surface area contributed by atoms with Gasteiger partial charge in [-0.15, -0.1) is 0 Å². The van der Waals surface area contributed by atoms with Crippen LogP contribution in [0.5, 0.6) is 11.5 Å². The van der Waals surface area contributed by atoms with E-state index in [0.717, 1.165) is 84.2 Å². The van der Waals surface area contributed by atoms with Gasteiger partial charge in [-0.1, -0.05) is 11.6 Å². The first-order chi connectivity index (χ1) is 16.7. The highest BCUT2D eigenvalue weighted by atomic mass is 16.5. The fourth-order valence-electron chi connectivity index (χ4n) is 4.59. The molecule has 0 saturated carbocycles. The number of aromatic nitrogens is 3. The number of methoxy groups -OCH3 is 2. The third kappa shape index (κ3) is 4.51. The maximum absolute atomic E-state index is 5.67. The minimum absolute atomic E-state index is 0.630. The van der Waals surface area contributed by atoms with Crippen LogP contribution in [0.1, 0.15) is 11.1 Å². The van der Waals surface area contributed by atoms with Crippen molar-refractivity contribution in [3.63, 3.8) is 0 Å². The minimum atomic E-state index is 0.630. The van der Waals surface area contributed by atoms with E-state index in [1.807, 2.05) is 18.2 Å². The Hall–Kier alpha value is -3.36. The molecule has 34 heavy (non-hydrogen) atoms. The second-order valence-electron chi connectivity index (χ2n) is 8.65. The topological polar surface area (TPSA) is 75.7 Å². The van der Waals surface area contributed by atoms with Crippen LogP contribution in [0.3, 0.4) is 0 Å². The number of nitrogens with one attached hydrogen (secondary N) is 1. The van der Waals surface area contributed by atoms with E-state index in [1.54, 1.807) is 20.5 Å². The highest BCUT2D eigenvalue weighted by Gasteiger charge is 2.20. The Morgan fingerprint density at radius 1 is 1.06 bits per heavy atom. The lowest BCUT2D eigenvalue weighted by molar-refractivity contribution is 0.0391. The molecule has 0 radical (unpaired) electrons. The molecule has 0 bridgehead atoms. The van der Waals surface area contributed by atoms with Gasteiger partial charge in [0.2, 0.25) is 0 Å². The van der Waals surface area contributed by atoms with Crippen molar-refractivity contribution in [2.24, 2.45) is 0 Å². The molecule has 1 N–H and O–H groups in total. The summed E-state index contributed by atoms with van der Waals surface area (Å²) in [5.41, 5.74) is 5.21. The van der Waals surface area contributed by atoms with Gasteiger partial charge in [0.25, 0.3) is 0 Å². The maximum atomic E-state index is 5.67. The molecule has 8 nitrogen and oxygen atoms in total. The van der Waals surface area contributed by atoms with Crippen LogP contribution in [0.15, 0.2) is 42.7 Å². The molecule has 1 fully saturated rings. The number of benzene rings is 2. The molecule has 2 aromatic carbocycles. The van der Waals surface area contributed by atoms with Crippen LogP contribution in [0.2, 0.25) is 0 Å². The Kier molecular flexibility index (Phi) is 6.51. The molecule has 1 saturated heterocycles. The third-order valence-corrected chi connectivity index (χ3v) is 6.46. The Morgan fingerprint density at radius 3 is 2.71 bits per heavy atom. The quantitative estimate of drug-likeness (QED) is 0.428. The summed E-state index contributed by atoms with van der Waals surface area (Å²) >= 11 is 0. The molecular weight excluding hydrogens is 430 g/mol. The van der Waals surface area contributed by atoms with Gasteiger partial charge in [0.1, 0.15) is 28.9 Å². The summed E-state index contributed by atoms with van der Waals surface area (Å²) in [6.45, 7) is 7.91. The standard InChI is InChI=1S/C26H31N5O3/c1-18-4-6-22-21(14-18)24-25(29-22)26(28-17-27-24)31(9-8-30-10-12-34-13-11-30)16-19-15-20(32-2)5-7-23(19)33-3/h4-7,14-15,17,29H,8-13,16H2,1-3H3. The largest absolute Gasteiger partial charge is 0.497 e. The van der Waals surface area contributed by atoms with Crippen LogP contribution >= 0.6 is 0 Å². The third-order valence-electron chi connectivity index (χ3n) is 6.46. The molecular formula is C26H31N5O3. The number of nitrogens with zero attached hydrogens (tertiary/aromatic N) is 4. The van der Waals surface area contributed by atoms with Crippen molar-refractivity contribution in [3.05, 3.63) is 53.9 Å². The van der Waals surface area contributed by atoms with Gasteiger partial charge < -0.3 is 24.1 Å². The van der Waals surface area contributed by atoms with Crippen LogP contribution in [-0.4, -0.2) is 73.5 Å². The van der Waals surface area contributed by atoms with Crippen molar-refractivity contribution in [2.75, 3.05) is 58.5 Å². The zero-order valence-corrected chi connectivity index (χ0v) is 20.0. The number of anilines is 1. The van der Waals surface area contributed by atoms with Crippen molar-refractivity contribution in [3.8, 4) is 11.5 Å². The van der Waals surface area contributed by atoms with Gasteiger partial charge in [-0.05, 0) is 37.3 Å². The van der Waals surface area contributed by atoms with Gasteiger partial charge >= 0.3 is 0 Å². The zero-order valence-electron chi connectivity index (χ0n) is 20.0. The lowest BCUT2D eigenvalue weighted by atomic mass is 10.1. The number of ether oxygens (including phenoxy) is 3. The van der Waals surface area contributed by atoms with E-state index in [9.17, 15) is 0 Å². The number of rotatable bonds is 8. The lowest BCUT2D eigenvalue weighted by Crippen LogP contribution is -2.41. The van der Waals surface area contributed by atoms with Crippen molar-refractivity contribution >= 4 is 27.8 Å². The molecule has 0 atom stereocenters. The molecule has 5 rings (SSSR count). The van der Waals surface area contributed by atoms with E-state index >= 15 is 0 Å². The summed E-state index contributed by atoms with van der Waals surface area (Å²) in [4.78, 5) is 17.7. The first-order valence-electron chi connectivity index (χ1n) is 11.7. The summed E-state index contributed by atoms with van der Waals surface area (Å²) in [6.07, 6.45) is 1.66. The van der Waals surface area contributed by atoms with Crippen LogP contribution in [0.25, 0.3) is 21.9 Å². The number of H-pyrrole nitrogens is 1. The van der Waals surface area contributed by atoms with Gasteiger partial charge in [-0.3, -0.25) is 4.90 Å². The second kappa shape index (κ2) is 9.87. The number of fused-ring (bicyclic) bond motifs is 3. The van der Waals surface area contributed by atoms with E-state index in [4.69, 9.17) is 19.2 Å². The Labute approximate surface area is 199 Å². The lowest BCUT2D eigenvalue weighted by Gasteiger charge is -2.31. The number of aryl methyl sites for hydroxylation is 1. The predicted molar refractivity (Wildman–Crippen MR) is 134 cm³/mol. The molecule has 1 aliphatic heterocycles. The first-order valence-corrected chi connectivity index (χ1v) is 11.7. The van der Waals surface area contributed by atoms with E-state index in [-0.39, 0.29) is 0 Å². The van der Waals surface area contributed by atoms with E-state index in [1.165, 1.54) is 5.56 Å². The Morgan fingerprint density at radius 2 is 1.91 bits per heavy atom. The van der Waals surface area contributed by atoms with Gasteiger partial charge in [0.15, 0.2) is 5.82 Å². The SMILES string of the molecule is COc1ccc(OC)c(CN(CCN2CCOCC2)c2ncnc3c2[nH]c2ccc(C)cc23)c1. The van der Waals surface area contributed by atoms with Gasteiger partial charge in [0, 0.05) is 49.2 Å². The Bertz CT molecular complexity index is 1280. The molecule has 8 heteroatoms. The number of aromatic amines is 1. The van der Waals surface area contributed by atoms with Crippen molar-refractivity contribution in [1.82, 2.24) is 19.9 Å². The van der Waals surface area contributed by atoms with Crippen molar-refractivity contribution < 1.29 is 14.2 Å². The molecule has 1 aliphatic rings. The molecule has 0 amide bonds. The monoisotopic (exact) mass is 461 g/mol. The summed E-state index contributed by atoms with van der Waals surface area (Å²) in [5.74, 6) is 2.52. The van der Waals surface area contributed by atoms with E-state index < -0.39 is 0 Å². The zero-order chi connectivity index (χ0) is 23.5. The van der Waals surface area contributed by atoms with Gasteiger partial charge in [0.05, 0.1) is 27.4 Å². The molecule has 2 aromatic heterocycles. The fourth-order valence-corrected chi connectivity index (χ4v) is 4.59. The van der Waals surface area contributed by atoms with E-state index in [2.05, 4.69) is 44.9 Å². The highest BCUT2D eigenvalue weighted by molar-refractivity contribution is 6.08. The minimum Gasteiger partial charge on any atom is -0.497 e. The van der Waals surface area contributed by atoms with Crippen LogP contribution in [0, 0.1) is 6.92 Å². The smallest absolute Gasteiger partial charge is 0.156 e. The fraction of sp³-hybridized carbons (Fsp3) is 0.385. The predicted octanol–water partition coefficient (Wildman–Crippen LogP) is 3.78. The molecule has 3 heterocycles. The summed E-state index contributed by atoms with van der Waals surface area (Å²) < 4.78 is 16.7. The molecule has 4 aromatic rings.